The van der Waals surface area contributed by atoms with Crippen molar-refractivity contribution in [1.29, 1.82) is 0 Å². The van der Waals surface area contributed by atoms with Gasteiger partial charge in [0.1, 0.15) is 6.04 Å². The zero-order valence-corrected chi connectivity index (χ0v) is 12.4. The van der Waals surface area contributed by atoms with Crippen LogP contribution in [0.3, 0.4) is 0 Å². The first-order valence-corrected chi connectivity index (χ1v) is 8.77. The van der Waals surface area contributed by atoms with E-state index in [0.717, 1.165) is 25.9 Å². The Morgan fingerprint density at radius 1 is 1.37 bits per heavy atom. The van der Waals surface area contributed by atoms with Gasteiger partial charge in [-0.1, -0.05) is 6.42 Å². The van der Waals surface area contributed by atoms with Gasteiger partial charge < -0.3 is 10.6 Å². The lowest BCUT2D eigenvalue weighted by Crippen LogP contribution is -2.62. The van der Waals surface area contributed by atoms with Gasteiger partial charge in [0.25, 0.3) is 0 Å². The van der Waals surface area contributed by atoms with Gasteiger partial charge in [0.15, 0.2) is 9.84 Å². The van der Waals surface area contributed by atoms with E-state index < -0.39 is 9.84 Å². The molecule has 0 aromatic carbocycles. The number of amides is 1. The highest BCUT2D eigenvalue weighted by atomic mass is 32.2. The van der Waals surface area contributed by atoms with Gasteiger partial charge in [0, 0.05) is 39.0 Å². The summed E-state index contributed by atoms with van der Waals surface area (Å²) in [4.78, 5) is 14.0. The fourth-order valence-corrected chi connectivity index (χ4v) is 4.77. The van der Waals surface area contributed by atoms with Crippen molar-refractivity contribution in [2.24, 2.45) is 0 Å². The van der Waals surface area contributed by atoms with Gasteiger partial charge in [0.05, 0.1) is 5.25 Å². The summed E-state index contributed by atoms with van der Waals surface area (Å²) in [7, 11) is -1.43. The Balaban J connectivity index is 2.20. The van der Waals surface area contributed by atoms with E-state index in [-0.39, 0.29) is 23.2 Å². The van der Waals surface area contributed by atoms with Crippen LogP contribution >= 0.6 is 0 Å². The number of rotatable bonds is 3. The first kappa shape index (κ1) is 14.7. The molecular formula is C12H23N3O3S. The van der Waals surface area contributed by atoms with Gasteiger partial charge in [-0.05, 0) is 12.8 Å². The standard InChI is InChI=1S/C12H23N3O3S/c1-13-12(16)10-8-14-6-7-15(10)9-4-3-5-11(9)19(2,17)18/h9-11,14H,3-8H2,1-2H3,(H,13,16). The summed E-state index contributed by atoms with van der Waals surface area (Å²) in [6, 6.07) is -0.273. The molecule has 110 valence electrons. The van der Waals surface area contributed by atoms with E-state index in [9.17, 15) is 13.2 Å². The van der Waals surface area contributed by atoms with Gasteiger partial charge in [-0.25, -0.2) is 8.42 Å². The predicted octanol–water partition coefficient (Wildman–Crippen LogP) is -1.03. The SMILES string of the molecule is CNC(=O)C1CNCCN1C1CCCC1S(C)(=O)=O. The number of piperazine rings is 1. The lowest BCUT2D eigenvalue weighted by molar-refractivity contribution is -0.127. The third-order valence-electron chi connectivity index (χ3n) is 4.23. The highest BCUT2D eigenvalue weighted by Gasteiger charge is 2.42. The molecule has 1 aliphatic heterocycles. The Kier molecular flexibility index (Phi) is 4.47. The van der Waals surface area contributed by atoms with Crippen LogP contribution < -0.4 is 10.6 Å². The number of nitrogens with zero attached hydrogens (tertiary/aromatic N) is 1. The number of likely N-dealkylation sites (N-methyl/N-ethyl adjacent to an activating group) is 1. The van der Waals surface area contributed by atoms with Crippen LogP contribution in [0.25, 0.3) is 0 Å². The second-order valence-corrected chi connectivity index (χ2v) is 7.70. The van der Waals surface area contributed by atoms with E-state index in [2.05, 4.69) is 15.5 Å². The molecule has 3 atom stereocenters. The Bertz CT molecular complexity index is 438. The summed E-state index contributed by atoms with van der Waals surface area (Å²) in [5, 5.41) is 5.56. The molecule has 2 N–H and O–H groups in total. The predicted molar refractivity (Wildman–Crippen MR) is 73.7 cm³/mol. The van der Waals surface area contributed by atoms with Crippen molar-refractivity contribution in [3.05, 3.63) is 0 Å². The van der Waals surface area contributed by atoms with Crippen LogP contribution in [0.4, 0.5) is 0 Å². The maximum Gasteiger partial charge on any atom is 0.238 e. The Labute approximate surface area is 114 Å². The van der Waals surface area contributed by atoms with Crippen molar-refractivity contribution in [3.8, 4) is 0 Å². The molecule has 1 aliphatic carbocycles. The van der Waals surface area contributed by atoms with Gasteiger partial charge in [-0.15, -0.1) is 0 Å². The number of carbonyl (C=O) groups is 1. The molecule has 1 saturated carbocycles. The normalized spacial score (nSPS) is 33.3. The molecule has 7 heteroatoms. The Morgan fingerprint density at radius 3 is 2.74 bits per heavy atom. The average molecular weight is 289 g/mol. The maximum atomic E-state index is 11.9. The molecule has 2 aliphatic rings. The monoisotopic (exact) mass is 289 g/mol. The minimum absolute atomic E-state index is 0.0144. The number of sulfone groups is 1. The van der Waals surface area contributed by atoms with Crippen LogP contribution in [0.15, 0.2) is 0 Å². The fraction of sp³-hybridized carbons (Fsp3) is 0.917. The topological polar surface area (TPSA) is 78.5 Å². The van der Waals surface area contributed by atoms with Crippen LogP contribution in [-0.4, -0.2) is 69.5 Å². The third-order valence-corrected chi connectivity index (χ3v) is 5.88. The van der Waals surface area contributed by atoms with E-state index in [1.807, 2.05) is 0 Å². The first-order valence-electron chi connectivity index (χ1n) is 6.82. The molecule has 0 bridgehead atoms. The van der Waals surface area contributed by atoms with Gasteiger partial charge in [-0.3, -0.25) is 9.69 Å². The van der Waals surface area contributed by atoms with Crippen molar-refractivity contribution in [1.82, 2.24) is 15.5 Å². The molecule has 0 radical (unpaired) electrons. The number of carbonyl (C=O) groups excluding carboxylic acids is 1. The van der Waals surface area contributed by atoms with E-state index in [1.165, 1.54) is 6.26 Å². The highest BCUT2D eigenvalue weighted by molar-refractivity contribution is 7.91. The quantitative estimate of drug-likeness (QED) is 0.695. The van der Waals surface area contributed by atoms with Crippen molar-refractivity contribution in [3.63, 3.8) is 0 Å². The molecule has 6 nitrogen and oxygen atoms in total. The molecule has 19 heavy (non-hydrogen) atoms. The molecule has 0 aromatic heterocycles. The number of nitrogens with one attached hydrogen (secondary N) is 2. The van der Waals surface area contributed by atoms with Crippen LogP contribution in [0.5, 0.6) is 0 Å². The van der Waals surface area contributed by atoms with Crippen LogP contribution in [0.2, 0.25) is 0 Å². The second kappa shape index (κ2) is 5.76. The van der Waals surface area contributed by atoms with E-state index in [0.29, 0.717) is 13.0 Å². The lowest BCUT2D eigenvalue weighted by Gasteiger charge is -2.40. The van der Waals surface area contributed by atoms with Gasteiger partial charge in [0.2, 0.25) is 5.91 Å². The molecule has 0 spiro atoms. The minimum atomic E-state index is -3.05. The number of hydrogen-bond acceptors (Lipinski definition) is 5. The lowest BCUT2D eigenvalue weighted by atomic mass is 10.1. The molecule has 1 saturated heterocycles. The summed E-state index contributed by atoms with van der Waals surface area (Å²) in [5.41, 5.74) is 0. The fourth-order valence-electron chi connectivity index (χ4n) is 3.31. The maximum absolute atomic E-state index is 11.9. The van der Waals surface area contributed by atoms with Gasteiger partial charge in [-0.2, -0.15) is 0 Å². The largest absolute Gasteiger partial charge is 0.358 e. The summed E-state index contributed by atoms with van der Waals surface area (Å²) in [6.07, 6.45) is 3.82. The molecule has 1 amide bonds. The summed E-state index contributed by atoms with van der Waals surface area (Å²) >= 11 is 0. The highest BCUT2D eigenvalue weighted by Crippen LogP contribution is 2.30. The minimum Gasteiger partial charge on any atom is -0.358 e. The van der Waals surface area contributed by atoms with Gasteiger partial charge >= 0.3 is 0 Å². The van der Waals surface area contributed by atoms with Crippen LogP contribution in [-0.2, 0) is 14.6 Å². The smallest absolute Gasteiger partial charge is 0.238 e. The third kappa shape index (κ3) is 3.09. The van der Waals surface area contributed by atoms with Crippen LogP contribution in [0, 0.1) is 0 Å². The summed E-state index contributed by atoms with van der Waals surface area (Å²) < 4.78 is 23.8. The second-order valence-electron chi connectivity index (χ2n) is 5.44. The first-order chi connectivity index (χ1) is 8.95. The summed E-state index contributed by atoms with van der Waals surface area (Å²) in [6.45, 7) is 2.13. The van der Waals surface area contributed by atoms with Crippen LogP contribution in [0.1, 0.15) is 19.3 Å². The number of hydrogen-bond donors (Lipinski definition) is 2. The molecule has 3 unspecified atom stereocenters. The van der Waals surface area contributed by atoms with E-state index in [4.69, 9.17) is 0 Å². The Hall–Kier alpha value is -0.660. The molecule has 0 aromatic rings. The van der Waals surface area contributed by atoms with E-state index in [1.54, 1.807) is 7.05 Å². The van der Waals surface area contributed by atoms with Crippen molar-refractivity contribution in [2.75, 3.05) is 32.9 Å². The zero-order chi connectivity index (χ0) is 14.0. The molecular weight excluding hydrogens is 266 g/mol. The van der Waals surface area contributed by atoms with E-state index >= 15 is 0 Å². The van der Waals surface area contributed by atoms with Crippen molar-refractivity contribution in [2.45, 2.75) is 36.6 Å². The molecule has 2 fully saturated rings. The average Bonchev–Trinajstić information content (AvgIpc) is 2.87. The Morgan fingerprint density at radius 2 is 2.11 bits per heavy atom. The zero-order valence-electron chi connectivity index (χ0n) is 11.6. The van der Waals surface area contributed by atoms with Crippen molar-refractivity contribution >= 4 is 15.7 Å². The molecule has 1 heterocycles. The van der Waals surface area contributed by atoms with Crippen molar-refractivity contribution < 1.29 is 13.2 Å². The summed E-state index contributed by atoms with van der Waals surface area (Å²) in [5.74, 6) is -0.0358. The molecule has 2 rings (SSSR count).